The van der Waals surface area contributed by atoms with E-state index in [2.05, 4.69) is 20.9 Å². The number of fused-ring (bicyclic) bond motifs is 1. The van der Waals surface area contributed by atoms with Gasteiger partial charge in [-0.05, 0) is 18.1 Å². The van der Waals surface area contributed by atoms with E-state index in [1.54, 1.807) is 0 Å². The smallest absolute Gasteiger partial charge is 0.324 e. The summed E-state index contributed by atoms with van der Waals surface area (Å²) in [6, 6.07) is 1.54. The van der Waals surface area contributed by atoms with Gasteiger partial charge < -0.3 is 24.0 Å². The maximum atomic E-state index is 11.1. The molecule has 20 heavy (non-hydrogen) atoms. The Kier molecular flexibility index (Phi) is 4.24. The van der Waals surface area contributed by atoms with Crippen LogP contribution in [0, 0.1) is 0 Å². The van der Waals surface area contributed by atoms with E-state index in [0.29, 0.717) is 15.7 Å². The predicted octanol–water partition coefficient (Wildman–Crippen LogP) is 0.620. The first-order chi connectivity index (χ1) is 9.06. The second kappa shape index (κ2) is 5.35. The van der Waals surface area contributed by atoms with Crippen molar-refractivity contribution in [3.8, 4) is 0 Å². The van der Waals surface area contributed by atoms with Gasteiger partial charge in [-0.2, -0.15) is 0 Å². The van der Waals surface area contributed by atoms with Crippen molar-refractivity contribution in [2.45, 2.75) is 6.42 Å². The molecule has 2 aromatic heterocycles. The molecule has 0 amide bonds. The number of nitrogens with zero attached hydrogens (tertiary/aromatic N) is 2. The van der Waals surface area contributed by atoms with Crippen LogP contribution in [0.3, 0.4) is 0 Å². The monoisotopic (exact) mass is 384 g/mol. The largest absolute Gasteiger partial charge is 0.376 e. The van der Waals surface area contributed by atoms with Crippen LogP contribution in [0.4, 0.5) is 0 Å². The van der Waals surface area contributed by atoms with Gasteiger partial charge in [0.15, 0.2) is 5.44 Å². The summed E-state index contributed by atoms with van der Waals surface area (Å²) >= 11 is 3.24. The number of hydrogen-bond donors (Lipinski definition) is 4. The van der Waals surface area contributed by atoms with E-state index < -0.39 is 15.2 Å². The fourth-order valence-electron chi connectivity index (χ4n) is 1.63. The van der Waals surface area contributed by atoms with Gasteiger partial charge in [0.25, 0.3) is 0 Å². The molecular formula is C9H11BrN2O6P2. The zero-order chi connectivity index (χ0) is 15.1. The Morgan fingerprint density at radius 1 is 1.20 bits per heavy atom. The second-order valence-corrected chi connectivity index (χ2v) is 8.37. The lowest BCUT2D eigenvalue weighted by Gasteiger charge is -2.06. The Hall–Kier alpha value is -0.530. The zero-order valence-corrected chi connectivity index (χ0v) is 13.3. The van der Waals surface area contributed by atoms with Crippen molar-refractivity contribution in [2.24, 2.45) is 0 Å². The number of pyridine rings is 1. The average molecular weight is 385 g/mol. The molecule has 110 valence electrons. The molecule has 11 heteroatoms. The number of aromatic nitrogens is 2. The van der Waals surface area contributed by atoms with Crippen molar-refractivity contribution < 1.29 is 28.7 Å². The average Bonchev–Trinajstić information content (AvgIpc) is 2.67. The molecule has 0 aliphatic carbocycles. The van der Waals surface area contributed by atoms with Crippen LogP contribution >= 0.6 is 31.1 Å². The van der Waals surface area contributed by atoms with Crippen molar-refractivity contribution in [3.05, 3.63) is 28.5 Å². The van der Waals surface area contributed by atoms with Gasteiger partial charge in [0.1, 0.15) is 5.65 Å². The molecule has 0 unspecified atom stereocenters. The molecule has 2 aromatic rings. The Balaban J connectivity index is 2.41. The Morgan fingerprint density at radius 3 is 2.40 bits per heavy atom. The van der Waals surface area contributed by atoms with Crippen LogP contribution in [0.5, 0.6) is 0 Å². The van der Waals surface area contributed by atoms with Gasteiger partial charge in [0.2, 0.25) is 0 Å². The summed E-state index contributed by atoms with van der Waals surface area (Å²) in [5.74, 6) is 0. The van der Waals surface area contributed by atoms with Crippen molar-refractivity contribution in [2.75, 3.05) is 6.16 Å². The van der Waals surface area contributed by atoms with E-state index in [4.69, 9.17) is 19.6 Å². The SMILES string of the molecule is O=P(O)(O)CCc1cn2cc(P(=O)(O)O)nc2cc1Br. The molecular weight excluding hydrogens is 374 g/mol. The third-order valence-corrected chi connectivity index (χ3v) is 4.93. The molecule has 4 N–H and O–H groups in total. The molecule has 0 aliphatic heterocycles. The minimum Gasteiger partial charge on any atom is -0.324 e. The molecule has 2 heterocycles. The molecule has 2 rings (SSSR count). The van der Waals surface area contributed by atoms with Gasteiger partial charge in [-0.15, -0.1) is 0 Å². The number of hydrogen-bond acceptors (Lipinski definition) is 3. The van der Waals surface area contributed by atoms with Crippen LogP contribution < -0.4 is 5.44 Å². The summed E-state index contributed by atoms with van der Waals surface area (Å²) < 4.78 is 24.0. The third kappa shape index (κ3) is 3.77. The highest BCUT2D eigenvalue weighted by Gasteiger charge is 2.22. The number of imidazole rings is 1. The van der Waals surface area contributed by atoms with Gasteiger partial charge in [0, 0.05) is 16.9 Å². The highest BCUT2D eigenvalue weighted by molar-refractivity contribution is 9.10. The molecule has 0 aromatic carbocycles. The van der Waals surface area contributed by atoms with Gasteiger partial charge in [-0.3, -0.25) is 9.13 Å². The molecule has 8 nitrogen and oxygen atoms in total. The van der Waals surface area contributed by atoms with Gasteiger partial charge in [0.05, 0.1) is 6.16 Å². The van der Waals surface area contributed by atoms with Gasteiger partial charge in [-0.25, -0.2) is 4.98 Å². The van der Waals surface area contributed by atoms with Crippen molar-refractivity contribution >= 4 is 42.2 Å². The first-order valence-corrected chi connectivity index (χ1v) is 9.54. The topological polar surface area (TPSA) is 132 Å². The van der Waals surface area contributed by atoms with Crippen LogP contribution in [0.1, 0.15) is 5.56 Å². The normalized spacial score (nSPS) is 13.1. The lowest BCUT2D eigenvalue weighted by atomic mass is 10.2. The van der Waals surface area contributed by atoms with Crippen LogP contribution in [0.2, 0.25) is 0 Å². The first-order valence-electron chi connectivity index (χ1n) is 5.34. The van der Waals surface area contributed by atoms with Crippen molar-refractivity contribution in [1.29, 1.82) is 0 Å². The van der Waals surface area contributed by atoms with E-state index in [1.807, 2.05) is 0 Å². The summed E-state index contributed by atoms with van der Waals surface area (Å²) in [5, 5.41) is 0. The van der Waals surface area contributed by atoms with E-state index in [0.717, 1.165) is 0 Å². The Labute approximate surface area is 121 Å². The molecule has 0 saturated heterocycles. The van der Waals surface area contributed by atoms with Crippen LogP contribution in [0.25, 0.3) is 5.65 Å². The third-order valence-electron chi connectivity index (χ3n) is 2.58. The molecule has 0 spiro atoms. The van der Waals surface area contributed by atoms with Gasteiger partial charge >= 0.3 is 15.2 Å². The Bertz CT molecular complexity index is 748. The highest BCUT2D eigenvalue weighted by Crippen LogP contribution is 2.36. The van der Waals surface area contributed by atoms with Crippen LogP contribution in [-0.4, -0.2) is 35.1 Å². The van der Waals surface area contributed by atoms with Gasteiger partial charge in [-0.1, -0.05) is 15.9 Å². The van der Waals surface area contributed by atoms with Crippen LogP contribution in [0.15, 0.2) is 22.9 Å². The molecule has 0 saturated carbocycles. The second-order valence-electron chi connectivity index (χ2n) is 4.19. The summed E-state index contributed by atoms with van der Waals surface area (Å²) in [7, 11) is -8.54. The van der Waals surface area contributed by atoms with E-state index in [9.17, 15) is 9.13 Å². The fourth-order valence-corrected chi connectivity index (χ4v) is 3.18. The molecule has 0 fully saturated rings. The lowest BCUT2D eigenvalue weighted by molar-refractivity contribution is 0.372. The summed E-state index contributed by atoms with van der Waals surface area (Å²) in [5.41, 5.74) is 0.585. The maximum Gasteiger partial charge on any atom is 0.376 e. The van der Waals surface area contributed by atoms with E-state index in [-0.39, 0.29) is 18.0 Å². The summed E-state index contributed by atoms with van der Waals surface area (Å²) in [6.45, 7) is 0. The molecule has 0 radical (unpaired) electrons. The molecule has 0 atom stereocenters. The number of halogens is 1. The van der Waals surface area contributed by atoms with Crippen molar-refractivity contribution in [3.63, 3.8) is 0 Å². The fraction of sp³-hybridized carbons (Fsp3) is 0.222. The molecule has 0 aliphatic rings. The Morgan fingerprint density at radius 2 is 1.85 bits per heavy atom. The summed E-state index contributed by atoms with van der Waals surface area (Å²) in [6.07, 6.45) is 2.55. The minimum absolute atomic E-state index is 0.129. The lowest BCUT2D eigenvalue weighted by Crippen LogP contribution is -2.03. The van der Waals surface area contributed by atoms with Crippen molar-refractivity contribution in [1.82, 2.24) is 9.38 Å². The zero-order valence-electron chi connectivity index (χ0n) is 9.92. The maximum absolute atomic E-state index is 11.1. The predicted molar refractivity (Wildman–Crippen MR) is 75.2 cm³/mol. The van der Waals surface area contributed by atoms with E-state index in [1.165, 1.54) is 22.9 Å². The highest BCUT2D eigenvalue weighted by atomic mass is 79.9. The minimum atomic E-state index is -4.43. The standard InChI is InChI=1S/C9H11BrN2O6P2/c10-7-3-8-11-9(20(16,17)18)5-12(8)4-6(7)1-2-19(13,14)15/h3-5H,1-2H2,(H2,13,14,15)(H2,16,17,18). The number of rotatable bonds is 4. The first kappa shape index (κ1) is 15.9. The molecule has 0 bridgehead atoms. The van der Waals surface area contributed by atoms with Crippen LogP contribution in [-0.2, 0) is 15.6 Å². The number of aryl methyl sites for hydroxylation is 1. The quantitative estimate of drug-likeness (QED) is 0.568. The summed E-state index contributed by atoms with van der Waals surface area (Å²) in [4.78, 5) is 39.7. The van der Waals surface area contributed by atoms with E-state index >= 15 is 0 Å².